The second kappa shape index (κ2) is 9.89. The lowest BCUT2D eigenvalue weighted by molar-refractivity contribution is -0.127. The summed E-state index contributed by atoms with van der Waals surface area (Å²) in [6, 6.07) is 19.7. The van der Waals surface area contributed by atoms with E-state index in [1.165, 1.54) is 30.0 Å². The number of rotatable bonds is 6. The number of benzene rings is 3. The van der Waals surface area contributed by atoms with Crippen LogP contribution in [0.2, 0.25) is 5.02 Å². The van der Waals surface area contributed by atoms with Crippen molar-refractivity contribution in [1.29, 1.82) is 0 Å². The molecular formula is C24H17ClFN3O3S. The van der Waals surface area contributed by atoms with Crippen LogP contribution in [-0.2, 0) is 9.59 Å². The van der Waals surface area contributed by atoms with E-state index < -0.39 is 30.2 Å². The van der Waals surface area contributed by atoms with Crippen LogP contribution in [-0.4, -0.2) is 29.3 Å². The summed E-state index contributed by atoms with van der Waals surface area (Å²) in [7, 11) is 0. The second-order valence-electron chi connectivity index (χ2n) is 7.00. The smallest absolute Gasteiger partial charge is 0.322 e. The molecule has 6 nitrogen and oxygen atoms in total. The first kappa shape index (κ1) is 22.6. The zero-order chi connectivity index (χ0) is 23.4. The standard InChI is InChI=1S/C24H17ClFN3O3S/c25-16-9-11-17(12-10-16)33-21-8-4-1-5-15(21)13-20-23(31)29(24(32)28-20)14-22(30)27-19-7-3-2-6-18(19)26/h1-13H,14H2,(H,27,30)(H,28,32)/b20-13-. The third kappa shape index (κ3) is 5.42. The Hall–Kier alpha value is -3.62. The molecule has 3 aromatic carbocycles. The van der Waals surface area contributed by atoms with Crippen molar-refractivity contribution < 1.29 is 18.8 Å². The fraction of sp³-hybridized carbons (Fsp3) is 0.0417. The lowest BCUT2D eigenvalue weighted by atomic mass is 10.2. The highest BCUT2D eigenvalue weighted by molar-refractivity contribution is 7.99. The highest BCUT2D eigenvalue weighted by Crippen LogP contribution is 2.32. The van der Waals surface area contributed by atoms with E-state index in [-0.39, 0.29) is 11.4 Å². The minimum Gasteiger partial charge on any atom is -0.322 e. The van der Waals surface area contributed by atoms with Crippen molar-refractivity contribution in [3.63, 3.8) is 0 Å². The summed E-state index contributed by atoms with van der Waals surface area (Å²) in [6.07, 6.45) is 1.56. The van der Waals surface area contributed by atoms with Crippen LogP contribution in [0.25, 0.3) is 6.08 Å². The molecule has 0 bridgehead atoms. The number of hydrogen-bond donors (Lipinski definition) is 2. The Labute approximate surface area is 198 Å². The fourth-order valence-electron chi connectivity index (χ4n) is 3.09. The number of nitrogens with one attached hydrogen (secondary N) is 2. The van der Waals surface area contributed by atoms with Crippen molar-refractivity contribution in [2.24, 2.45) is 0 Å². The summed E-state index contributed by atoms with van der Waals surface area (Å²) in [4.78, 5) is 40.0. The number of halogens is 2. The van der Waals surface area contributed by atoms with E-state index in [1.807, 2.05) is 36.4 Å². The predicted molar refractivity (Wildman–Crippen MR) is 125 cm³/mol. The van der Waals surface area contributed by atoms with Crippen LogP contribution in [0, 0.1) is 5.82 Å². The molecule has 4 amide bonds. The van der Waals surface area contributed by atoms with Gasteiger partial charge in [0.1, 0.15) is 18.1 Å². The van der Waals surface area contributed by atoms with Crippen molar-refractivity contribution in [3.8, 4) is 0 Å². The number of hydrogen-bond acceptors (Lipinski definition) is 4. The summed E-state index contributed by atoms with van der Waals surface area (Å²) in [6.45, 7) is -0.544. The van der Waals surface area contributed by atoms with Gasteiger partial charge in [0.25, 0.3) is 5.91 Å². The quantitative estimate of drug-likeness (QED) is 0.376. The first-order valence-electron chi connectivity index (χ1n) is 9.82. The Bertz CT molecular complexity index is 1260. The Morgan fingerprint density at radius 1 is 1.03 bits per heavy atom. The van der Waals surface area contributed by atoms with E-state index >= 15 is 0 Å². The number of imide groups is 1. The van der Waals surface area contributed by atoms with E-state index in [1.54, 1.807) is 24.3 Å². The first-order valence-corrected chi connectivity index (χ1v) is 11.0. The van der Waals surface area contributed by atoms with Crippen LogP contribution >= 0.6 is 23.4 Å². The lowest BCUT2D eigenvalue weighted by Crippen LogP contribution is -2.38. The summed E-state index contributed by atoms with van der Waals surface area (Å²) < 4.78 is 13.7. The van der Waals surface area contributed by atoms with E-state index in [9.17, 15) is 18.8 Å². The van der Waals surface area contributed by atoms with Gasteiger partial charge in [0.15, 0.2) is 0 Å². The lowest BCUT2D eigenvalue weighted by Gasteiger charge is -2.12. The van der Waals surface area contributed by atoms with Gasteiger partial charge in [-0.15, -0.1) is 0 Å². The molecule has 0 saturated carbocycles. The summed E-state index contributed by atoms with van der Waals surface area (Å²) in [5.41, 5.74) is 0.736. The van der Waals surface area contributed by atoms with Crippen LogP contribution in [0.15, 0.2) is 88.3 Å². The molecule has 166 valence electrons. The molecule has 1 heterocycles. The van der Waals surface area contributed by atoms with Crippen molar-refractivity contribution in [2.45, 2.75) is 9.79 Å². The van der Waals surface area contributed by atoms with Gasteiger partial charge in [-0.1, -0.05) is 53.7 Å². The molecule has 1 fully saturated rings. The molecule has 0 aromatic heterocycles. The topological polar surface area (TPSA) is 78.5 Å². The van der Waals surface area contributed by atoms with E-state index in [0.717, 1.165) is 20.3 Å². The van der Waals surface area contributed by atoms with Crippen LogP contribution in [0.1, 0.15) is 5.56 Å². The number of carbonyl (C=O) groups is 3. The summed E-state index contributed by atoms with van der Waals surface area (Å²) in [5.74, 6) is -1.95. The number of anilines is 1. The molecule has 0 atom stereocenters. The predicted octanol–water partition coefficient (Wildman–Crippen LogP) is 5.16. The number of amides is 4. The molecule has 1 aliphatic heterocycles. The van der Waals surface area contributed by atoms with Gasteiger partial charge in [-0.2, -0.15) is 0 Å². The highest BCUT2D eigenvalue weighted by Gasteiger charge is 2.35. The molecule has 0 unspecified atom stereocenters. The van der Waals surface area contributed by atoms with Gasteiger partial charge in [0.2, 0.25) is 5.91 Å². The summed E-state index contributed by atoms with van der Waals surface area (Å²) in [5, 5.41) is 5.49. The molecule has 2 N–H and O–H groups in total. The zero-order valence-corrected chi connectivity index (χ0v) is 18.6. The number of para-hydroxylation sites is 1. The second-order valence-corrected chi connectivity index (χ2v) is 8.55. The van der Waals surface area contributed by atoms with Gasteiger partial charge >= 0.3 is 6.03 Å². The van der Waals surface area contributed by atoms with E-state index in [0.29, 0.717) is 5.02 Å². The van der Waals surface area contributed by atoms with Crippen molar-refractivity contribution in [2.75, 3.05) is 11.9 Å². The average molecular weight is 482 g/mol. The minimum atomic E-state index is -0.724. The van der Waals surface area contributed by atoms with E-state index in [2.05, 4.69) is 10.6 Å². The molecule has 0 radical (unpaired) electrons. The summed E-state index contributed by atoms with van der Waals surface area (Å²) >= 11 is 7.43. The van der Waals surface area contributed by atoms with Gasteiger partial charge in [-0.3, -0.25) is 9.59 Å². The Morgan fingerprint density at radius 2 is 1.73 bits per heavy atom. The molecule has 4 rings (SSSR count). The highest BCUT2D eigenvalue weighted by atomic mass is 35.5. The maximum Gasteiger partial charge on any atom is 0.329 e. The van der Waals surface area contributed by atoms with Crippen LogP contribution in [0.3, 0.4) is 0 Å². The van der Waals surface area contributed by atoms with Crippen molar-refractivity contribution in [3.05, 3.63) is 94.9 Å². The maximum atomic E-state index is 13.7. The third-order valence-electron chi connectivity index (χ3n) is 4.67. The molecule has 9 heteroatoms. The average Bonchev–Trinajstić information content (AvgIpc) is 3.05. The van der Waals surface area contributed by atoms with Crippen molar-refractivity contribution >= 4 is 53.0 Å². The molecule has 1 aliphatic rings. The molecule has 1 saturated heterocycles. The normalized spacial score (nSPS) is 14.5. The Kier molecular flexibility index (Phi) is 6.76. The molecule has 0 spiro atoms. The molecule has 33 heavy (non-hydrogen) atoms. The Balaban J connectivity index is 1.49. The van der Waals surface area contributed by atoms with Gasteiger partial charge in [-0.05, 0) is 54.1 Å². The Morgan fingerprint density at radius 3 is 2.48 bits per heavy atom. The van der Waals surface area contributed by atoms with Gasteiger partial charge in [0, 0.05) is 14.8 Å². The van der Waals surface area contributed by atoms with E-state index in [4.69, 9.17) is 11.6 Å². The molecule has 3 aromatic rings. The monoisotopic (exact) mass is 481 g/mol. The van der Waals surface area contributed by atoms with Crippen LogP contribution in [0.4, 0.5) is 14.9 Å². The molecular weight excluding hydrogens is 465 g/mol. The maximum absolute atomic E-state index is 13.7. The number of nitrogens with zero attached hydrogens (tertiary/aromatic N) is 1. The van der Waals surface area contributed by atoms with Gasteiger partial charge in [-0.25, -0.2) is 14.1 Å². The minimum absolute atomic E-state index is 0.0292. The zero-order valence-electron chi connectivity index (χ0n) is 17.0. The van der Waals surface area contributed by atoms with Gasteiger partial charge < -0.3 is 10.6 Å². The first-order chi connectivity index (χ1) is 15.9. The van der Waals surface area contributed by atoms with Gasteiger partial charge in [0.05, 0.1) is 5.69 Å². The third-order valence-corrected chi connectivity index (χ3v) is 6.02. The van der Waals surface area contributed by atoms with Crippen LogP contribution in [0.5, 0.6) is 0 Å². The number of urea groups is 1. The number of carbonyl (C=O) groups excluding carboxylic acids is 3. The molecule has 0 aliphatic carbocycles. The SMILES string of the molecule is O=C(CN1C(=O)N/C(=C\c2ccccc2Sc2ccc(Cl)cc2)C1=O)Nc1ccccc1F. The van der Waals surface area contributed by atoms with Crippen LogP contribution < -0.4 is 10.6 Å². The fourth-order valence-corrected chi connectivity index (χ4v) is 4.13. The largest absolute Gasteiger partial charge is 0.329 e. The van der Waals surface area contributed by atoms with Crippen molar-refractivity contribution in [1.82, 2.24) is 10.2 Å².